The molecule has 0 aromatic heterocycles. The van der Waals surface area contributed by atoms with Crippen LogP contribution in [0.15, 0.2) is 0 Å². The molecule has 0 aliphatic rings. The molecule has 0 atom stereocenters. The second-order valence-electron chi connectivity index (χ2n) is 1.47. The number of aliphatic hydroxyl groups excluding tert-OH is 2. The Bertz CT molecular complexity index is 49.7. The van der Waals surface area contributed by atoms with Gasteiger partial charge in [-0.2, -0.15) is 0 Å². The van der Waals surface area contributed by atoms with Gasteiger partial charge in [0.15, 0.2) is 0 Å². The van der Waals surface area contributed by atoms with Gasteiger partial charge in [-0.15, -0.1) is 0 Å². The summed E-state index contributed by atoms with van der Waals surface area (Å²) in [5, 5.41) is 29.9. The second kappa shape index (κ2) is 79.1. The van der Waals surface area contributed by atoms with E-state index in [1.807, 2.05) is 0 Å². The summed E-state index contributed by atoms with van der Waals surface area (Å²) in [7, 11) is 0. The Hall–Kier alpha value is 0.274. The van der Waals surface area contributed by atoms with Gasteiger partial charge in [-0.1, -0.05) is 0 Å². The summed E-state index contributed by atoms with van der Waals surface area (Å²) in [6, 6.07) is 0. The van der Waals surface area contributed by atoms with Crippen molar-refractivity contribution >= 4 is 0 Å². The maximum absolute atomic E-state index is 8.25. The third-order valence-electron chi connectivity index (χ3n) is 0.258. The van der Waals surface area contributed by atoms with Crippen molar-refractivity contribution < 1.29 is 54.2 Å². The molecule has 8 heteroatoms. The van der Waals surface area contributed by atoms with Crippen LogP contribution in [0, 0.1) is 0 Å². The molecule has 0 saturated carbocycles. The molecule has 0 spiro atoms. The molecular formula is C8H24O7Ti. The Balaban J connectivity index is -0.0000000322. The summed E-state index contributed by atoms with van der Waals surface area (Å²) in [6.45, 7) is 8.03. The molecule has 102 valence electrons. The van der Waals surface area contributed by atoms with Gasteiger partial charge in [0.25, 0.3) is 0 Å². The average molecular weight is 280 g/mol. The van der Waals surface area contributed by atoms with Crippen LogP contribution in [0.2, 0.25) is 0 Å². The van der Waals surface area contributed by atoms with Crippen LogP contribution in [0.4, 0.5) is 0 Å². The molecule has 0 aliphatic carbocycles. The summed E-state index contributed by atoms with van der Waals surface area (Å²) in [4.78, 5) is 7.08. The summed E-state index contributed by atoms with van der Waals surface area (Å²) >= 11 is 0.750. The number of aliphatic hydroxyl groups is 2. The fourth-order valence-electron chi connectivity index (χ4n) is 0. The fourth-order valence-corrected chi connectivity index (χ4v) is 0. The van der Waals surface area contributed by atoms with E-state index < -0.39 is 0 Å². The number of hydrogen-bond donors (Lipinski definition) is 4. The molecule has 16 heavy (non-hydrogen) atoms. The molecule has 0 saturated heterocycles. The minimum atomic E-state index is 0.250. The van der Waals surface area contributed by atoms with E-state index in [0.29, 0.717) is 13.2 Å². The summed E-state index contributed by atoms with van der Waals surface area (Å²) in [5.74, 6) is 0. The van der Waals surface area contributed by atoms with Crippen LogP contribution in [0.3, 0.4) is 0 Å². The second-order valence-corrected chi connectivity index (χ2v) is 1.47. The van der Waals surface area contributed by atoms with E-state index in [1.54, 1.807) is 27.7 Å². The minimum absolute atomic E-state index is 0.250. The topological polar surface area (TPSA) is 116 Å². The molecule has 0 aromatic rings. The fraction of sp³-hybridized carbons (Fsp3) is 1.00. The predicted molar refractivity (Wildman–Crippen MR) is 54.7 cm³/mol. The normalized spacial score (nSPS) is 6.19. The van der Waals surface area contributed by atoms with Gasteiger partial charge in [-0.25, -0.2) is 9.78 Å². The Morgan fingerprint density at radius 1 is 0.812 bits per heavy atom. The van der Waals surface area contributed by atoms with Crippen LogP contribution in [0.5, 0.6) is 0 Å². The van der Waals surface area contributed by atoms with E-state index in [-0.39, 0.29) is 13.2 Å². The first-order chi connectivity index (χ1) is 7.66. The van der Waals surface area contributed by atoms with Crippen LogP contribution < -0.4 is 0 Å². The molecular weight excluding hydrogens is 256 g/mol. The van der Waals surface area contributed by atoms with Crippen molar-refractivity contribution in [1.82, 2.24) is 0 Å². The van der Waals surface area contributed by atoms with Crippen molar-refractivity contribution in [2.24, 2.45) is 0 Å². The molecule has 0 rings (SSSR count). The quantitative estimate of drug-likeness (QED) is 0.337. The third-order valence-corrected chi connectivity index (χ3v) is 0.258. The summed E-state index contributed by atoms with van der Waals surface area (Å²) in [5.41, 5.74) is 0. The molecule has 0 radical (unpaired) electrons. The zero-order chi connectivity index (χ0) is 14.2. The predicted octanol–water partition coefficient (Wildman–Crippen LogP) is 0.868. The molecule has 0 fully saturated rings. The van der Waals surface area contributed by atoms with Gasteiger partial charge < -0.3 is 10.2 Å². The van der Waals surface area contributed by atoms with Gasteiger partial charge in [0.2, 0.25) is 0 Å². The molecule has 7 nitrogen and oxygen atoms in total. The third kappa shape index (κ3) is 486. The molecule has 0 aromatic carbocycles. The first-order valence-electron chi connectivity index (χ1n) is 4.61. The standard InChI is InChI=1S/2C2H6O2.2C2H6O.O.Ti/c2*1-2-4-3;2*1-2-3;;/h2*3H,2H2,1H3;2*3H,2H2,1H3;;. The Morgan fingerprint density at radius 3 is 0.875 bits per heavy atom. The molecule has 4 N–H and O–H groups in total. The molecule has 0 heterocycles. The zero-order valence-corrected chi connectivity index (χ0v) is 11.9. The molecule has 0 amide bonds. The van der Waals surface area contributed by atoms with E-state index in [2.05, 4.69) is 9.78 Å². The van der Waals surface area contributed by atoms with Gasteiger partial charge in [0.1, 0.15) is 0 Å². The van der Waals surface area contributed by atoms with Crippen molar-refractivity contribution in [3.05, 3.63) is 0 Å². The van der Waals surface area contributed by atoms with Crippen LogP contribution >= 0.6 is 0 Å². The molecule has 0 bridgehead atoms. The van der Waals surface area contributed by atoms with E-state index in [4.69, 9.17) is 24.1 Å². The van der Waals surface area contributed by atoms with Crippen molar-refractivity contribution in [2.45, 2.75) is 27.7 Å². The van der Waals surface area contributed by atoms with Gasteiger partial charge in [-0.3, -0.25) is 10.5 Å². The van der Waals surface area contributed by atoms with E-state index in [0.717, 1.165) is 20.4 Å². The monoisotopic (exact) mass is 280 g/mol. The SMILES string of the molecule is CCO.CCO.CCOO.CCOO.[O]=[Ti]. The van der Waals surface area contributed by atoms with E-state index in [1.165, 1.54) is 0 Å². The van der Waals surface area contributed by atoms with Gasteiger partial charge >= 0.3 is 23.7 Å². The van der Waals surface area contributed by atoms with Crippen LogP contribution in [-0.2, 0) is 33.5 Å². The number of rotatable bonds is 2. The first-order valence-corrected chi connectivity index (χ1v) is 5.25. The number of hydrogen-bond acceptors (Lipinski definition) is 7. The Morgan fingerprint density at radius 2 is 0.875 bits per heavy atom. The van der Waals surface area contributed by atoms with Crippen molar-refractivity contribution in [2.75, 3.05) is 26.4 Å². The van der Waals surface area contributed by atoms with Crippen molar-refractivity contribution in [3.63, 3.8) is 0 Å². The van der Waals surface area contributed by atoms with Gasteiger partial charge in [0, 0.05) is 13.2 Å². The van der Waals surface area contributed by atoms with E-state index in [9.17, 15) is 0 Å². The van der Waals surface area contributed by atoms with Crippen LogP contribution in [-0.4, -0.2) is 47.2 Å². The van der Waals surface area contributed by atoms with Crippen LogP contribution in [0.25, 0.3) is 0 Å². The Kier molecular flexibility index (Phi) is 148. The molecule has 0 unspecified atom stereocenters. The molecule has 0 aliphatic heterocycles. The maximum atomic E-state index is 8.25. The van der Waals surface area contributed by atoms with E-state index >= 15 is 0 Å². The van der Waals surface area contributed by atoms with Crippen molar-refractivity contribution in [3.8, 4) is 0 Å². The van der Waals surface area contributed by atoms with Gasteiger partial charge in [0.05, 0.1) is 13.2 Å². The Labute approximate surface area is 109 Å². The van der Waals surface area contributed by atoms with Gasteiger partial charge in [-0.05, 0) is 27.7 Å². The summed E-state index contributed by atoms with van der Waals surface area (Å²) in [6.07, 6.45) is 0. The van der Waals surface area contributed by atoms with Crippen LogP contribution in [0.1, 0.15) is 27.7 Å². The first kappa shape index (κ1) is 29.9. The summed E-state index contributed by atoms with van der Waals surface area (Å²) < 4.78 is 8.25. The average Bonchev–Trinajstić information content (AvgIpc) is 2.33. The zero-order valence-electron chi connectivity index (χ0n) is 10.3. The van der Waals surface area contributed by atoms with Crippen molar-refractivity contribution in [1.29, 1.82) is 0 Å².